The minimum absolute atomic E-state index is 0.216. The summed E-state index contributed by atoms with van der Waals surface area (Å²) in [5.74, 6) is -0.491. The molecule has 1 aromatic heterocycles. The maximum absolute atomic E-state index is 12.9. The molecule has 1 amide bonds. The van der Waals surface area contributed by atoms with Crippen LogP contribution in [0.2, 0.25) is 5.02 Å². The lowest BCUT2D eigenvalue weighted by atomic mass is 9.75. The second-order valence-electron chi connectivity index (χ2n) is 7.18. The van der Waals surface area contributed by atoms with E-state index in [4.69, 9.17) is 16.3 Å². The van der Waals surface area contributed by atoms with Crippen molar-refractivity contribution in [1.29, 1.82) is 0 Å². The van der Waals surface area contributed by atoms with E-state index in [-0.39, 0.29) is 24.1 Å². The van der Waals surface area contributed by atoms with E-state index in [1.165, 1.54) is 6.20 Å². The summed E-state index contributed by atoms with van der Waals surface area (Å²) in [6.07, 6.45) is 4.89. The highest BCUT2D eigenvalue weighted by molar-refractivity contribution is 6.30. The molecule has 1 atom stereocenters. The summed E-state index contributed by atoms with van der Waals surface area (Å²) in [6, 6.07) is 7.47. The number of likely N-dealkylation sites (tertiary alicyclic amines) is 1. The van der Waals surface area contributed by atoms with E-state index in [1.807, 2.05) is 25.1 Å². The van der Waals surface area contributed by atoms with Gasteiger partial charge in [0.25, 0.3) is 5.91 Å². The number of hydrogen-bond acceptors (Lipinski definition) is 5. The topological polar surface area (TPSA) is 72.4 Å². The summed E-state index contributed by atoms with van der Waals surface area (Å²) < 4.78 is 5.40. The number of ether oxygens (including phenoxy) is 1. The zero-order chi connectivity index (χ0) is 20.1. The fourth-order valence-electron chi connectivity index (χ4n) is 3.68. The molecule has 7 heteroatoms. The molecular formula is C21H24ClN3O3. The van der Waals surface area contributed by atoms with Crippen molar-refractivity contribution < 1.29 is 14.3 Å². The molecule has 0 bridgehead atoms. The molecule has 28 heavy (non-hydrogen) atoms. The lowest BCUT2D eigenvalue weighted by Crippen LogP contribution is -2.51. The van der Waals surface area contributed by atoms with Gasteiger partial charge in [0.05, 0.1) is 23.9 Å². The molecule has 148 valence electrons. The van der Waals surface area contributed by atoms with Crippen molar-refractivity contribution in [3.8, 4) is 0 Å². The number of aromatic nitrogens is 2. The van der Waals surface area contributed by atoms with Gasteiger partial charge >= 0.3 is 5.97 Å². The van der Waals surface area contributed by atoms with E-state index in [0.717, 1.165) is 11.3 Å². The van der Waals surface area contributed by atoms with Crippen LogP contribution in [0, 0.1) is 12.3 Å². The summed E-state index contributed by atoms with van der Waals surface area (Å²) >= 11 is 6.12. The van der Waals surface area contributed by atoms with Gasteiger partial charge in [-0.15, -0.1) is 0 Å². The molecule has 1 fully saturated rings. The van der Waals surface area contributed by atoms with E-state index in [1.54, 1.807) is 24.1 Å². The lowest BCUT2D eigenvalue weighted by Gasteiger charge is -2.41. The average molecular weight is 402 g/mol. The predicted octanol–water partition coefficient (Wildman–Crippen LogP) is 3.47. The SMILES string of the molecule is CCOC(=O)[C@]1(Cc2cccc(Cl)c2)CCCN(C(=O)c2cnc(C)cn2)C1. The van der Waals surface area contributed by atoms with E-state index in [9.17, 15) is 9.59 Å². The molecule has 3 rings (SSSR count). The number of benzene rings is 1. The third-order valence-electron chi connectivity index (χ3n) is 5.00. The molecule has 0 saturated carbocycles. The highest BCUT2D eigenvalue weighted by Gasteiger charge is 2.45. The molecule has 0 spiro atoms. The average Bonchev–Trinajstić information content (AvgIpc) is 2.68. The Morgan fingerprint density at radius 1 is 1.29 bits per heavy atom. The van der Waals surface area contributed by atoms with E-state index < -0.39 is 5.41 Å². The van der Waals surface area contributed by atoms with Crippen molar-refractivity contribution in [1.82, 2.24) is 14.9 Å². The third-order valence-corrected chi connectivity index (χ3v) is 5.24. The highest BCUT2D eigenvalue weighted by atomic mass is 35.5. The predicted molar refractivity (Wildman–Crippen MR) is 106 cm³/mol. The van der Waals surface area contributed by atoms with Crippen LogP contribution in [0.4, 0.5) is 0 Å². The Balaban J connectivity index is 1.87. The number of hydrogen-bond donors (Lipinski definition) is 0. The molecule has 0 unspecified atom stereocenters. The number of nitrogens with zero attached hydrogens (tertiary/aromatic N) is 3. The first-order valence-electron chi connectivity index (χ1n) is 9.43. The van der Waals surface area contributed by atoms with Gasteiger partial charge in [-0.05, 0) is 50.8 Å². The Bertz CT molecular complexity index is 856. The van der Waals surface area contributed by atoms with Gasteiger partial charge in [-0.3, -0.25) is 14.6 Å². The van der Waals surface area contributed by atoms with Gasteiger partial charge in [0.2, 0.25) is 0 Å². The maximum Gasteiger partial charge on any atom is 0.314 e. The molecule has 0 radical (unpaired) electrons. The van der Waals surface area contributed by atoms with Crippen molar-refractivity contribution in [2.75, 3.05) is 19.7 Å². The largest absolute Gasteiger partial charge is 0.466 e. The molecule has 2 heterocycles. The first-order chi connectivity index (χ1) is 13.4. The lowest BCUT2D eigenvalue weighted by molar-refractivity contribution is -0.158. The molecule has 0 N–H and O–H groups in total. The van der Waals surface area contributed by atoms with Crippen LogP contribution < -0.4 is 0 Å². The Morgan fingerprint density at radius 3 is 2.79 bits per heavy atom. The Hall–Kier alpha value is -2.47. The van der Waals surface area contributed by atoms with Gasteiger partial charge in [-0.1, -0.05) is 23.7 Å². The standard InChI is InChI=1S/C21H24ClN3O3/c1-3-28-20(27)21(11-16-6-4-7-17(22)10-16)8-5-9-25(14-21)19(26)18-13-23-15(2)12-24-18/h4,6-7,10,12-13H,3,5,8-9,11,14H2,1-2H3/t21-/m0/s1. The molecular weight excluding hydrogens is 378 g/mol. The van der Waals surface area contributed by atoms with Crippen molar-refractivity contribution in [2.45, 2.75) is 33.1 Å². The Labute approximate surface area is 169 Å². The molecule has 6 nitrogen and oxygen atoms in total. The van der Waals surface area contributed by atoms with Gasteiger partial charge < -0.3 is 9.64 Å². The summed E-state index contributed by atoms with van der Waals surface area (Å²) in [5.41, 5.74) is 1.18. The summed E-state index contributed by atoms with van der Waals surface area (Å²) in [4.78, 5) is 35.9. The number of piperidine rings is 1. The smallest absolute Gasteiger partial charge is 0.314 e. The van der Waals surface area contributed by atoms with Gasteiger partial charge in [-0.2, -0.15) is 0 Å². The molecule has 1 aliphatic heterocycles. The van der Waals surface area contributed by atoms with Crippen LogP contribution in [0.15, 0.2) is 36.7 Å². The van der Waals surface area contributed by atoms with Crippen molar-refractivity contribution in [3.63, 3.8) is 0 Å². The molecule has 2 aromatic rings. The molecule has 1 aromatic carbocycles. The number of halogens is 1. The minimum Gasteiger partial charge on any atom is -0.466 e. The van der Waals surface area contributed by atoms with Crippen LogP contribution >= 0.6 is 11.6 Å². The van der Waals surface area contributed by atoms with Crippen molar-refractivity contribution >= 4 is 23.5 Å². The zero-order valence-corrected chi connectivity index (χ0v) is 16.9. The number of amides is 1. The first kappa shape index (κ1) is 20.3. The summed E-state index contributed by atoms with van der Waals surface area (Å²) in [5, 5.41) is 0.621. The summed E-state index contributed by atoms with van der Waals surface area (Å²) in [6.45, 7) is 4.77. The normalized spacial score (nSPS) is 19.3. The number of aryl methyl sites for hydroxylation is 1. The second kappa shape index (κ2) is 8.69. The number of carbonyl (C=O) groups is 2. The minimum atomic E-state index is -0.799. The van der Waals surface area contributed by atoms with Crippen molar-refractivity contribution in [3.05, 3.63) is 58.6 Å². The van der Waals surface area contributed by atoms with Crippen LogP contribution in [0.5, 0.6) is 0 Å². The fraction of sp³-hybridized carbons (Fsp3) is 0.429. The van der Waals surface area contributed by atoms with E-state index in [0.29, 0.717) is 37.4 Å². The molecule has 0 aliphatic carbocycles. The second-order valence-corrected chi connectivity index (χ2v) is 7.62. The number of rotatable bonds is 5. The summed E-state index contributed by atoms with van der Waals surface area (Å²) in [7, 11) is 0. The Morgan fingerprint density at radius 2 is 2.11 bits per heavy atom. The van der Waals surface area contributed by atoms with Crippen LogP contribution in [-0.2, 0) is 16.0 Å². The number of esters is 1. The van der Waals surface area contributed by atoms with Gasteiger partial charge in [0.1, 0.15) is 5.69 Å². The van der Waals surface area contributed by atoms with Crippen LogP contribution in [0.1, 0.15) is 41.5 Å². The van der Waals surface area contributed by atoms with Crippen molar-refractivity contribution in [2.24, 2.45) is 5.41 Å². The van der Waals surface area contributed by atoms with Gasteiger partial charge in [0, 0.05) is 24.3 Å². The first-order valence-corrected chi connectivity index (χ1v) is 9.81. The van der Waals surface area contributed by atoms with E-state index in [2.05, 4.69) is 9.97 Å². The van der Waals surface area contributed by atoms with Gasteiger partial charge in [0.15, 0.2) is 0 Å². The highest BCUT2D eigenvalue weighted by Crippen LogP contribution is 2.36. The van der Waals surface area contributed by atoms with Crippen LogP contribution in [0.25, 0.3) is 0 Å². The molecule has 1 saturated heterocycles. The Kier molecular flexibility index (Phi) is 6.29. The monoisotopic (exact) mass is 401 g/mol. The number of carbonyl (C=O) groups excluding carboxylic acids is 2. The van der Waals surface area contributed by atoms with E-state index >= 15 is 0 Å². The van der Waals surface area contributed by atoms with Crippen LogP contribution in [0.3, 0.4) is 0 Å². The van der Waals surface area contributed by atoms with Crippen LogP contribution in [-0.4, -0.2) is 46.4 Å². The van der Waals surface area contributed by atoms with Gasteiger partial charge in [-0.25, -0.2) is 4.98 Å². The quantitative estimate of drug-likeness (QED) is 0.717. The molecule has 1 aliphatic rings. The third kappa shape index (κ3) is 4.50. The fourth-order valence-corrected chi connectivity index (χ4v) is 3.89. The zero-order valence-electron chi connectivity index (χ0n) is 16.2. The maximum atomic E-state index is 12.9.